The van der Waals surface area contributed by atoms with Crippen LogP contribution in [0.2, 0.25) is 0 Å². The van der Waals surface area contributed by atoms with Crippen molar-refractivity contribution in [3.05, 3.63) is 17.7 Å². The molecule has 0 saturated carbocycles. The van der Waals surface area contributed by atoms with Gasteiger partial charge in [0.15, 0.2) is 0 Å². The van der Waals surface area contributed by atoms with Crippen molar-refractivity contribution in [2.45, 2.75) is 89.8 Å². The van der Waals surface area contributed by atoms with Crippen LogP contribution in [0.5, 0.6) is 0 Å². The summed E-state index contributed by atoms with van der Waals surface area (Å²) in [5.41, 5.74) is 13.0. The van der Waals surface area contributed by atoms with Gasteiger partial charge in [-0.1, -0.05) is 46.0 Å². The third kappa shape index (κ3) is 6.27. The molecule has 25 heavy (non-hydrogen) atoms. The Morgan fingerprint density at radius 3 is 2.48 bits per heavy atom. The molecule has 1 aliphatic heterocycles. The van der Waals surface area contributed by atoms with E-state index in [-0.39, 0.29) is 0 Å². The molecule has 0 bridgehead atoms. The zero-order valence-corrected chi connectivity index (χ0v) is 15.8. The van der Waals surface area contributed by atoms with Crippen LogP contribution in [0, 0.1) is 0 Å². The highest BCUT2D eigenvalue weighted by Crippen LogP contribution is 2.28. The molecule has 2 heterocycles. The Labute approximate surface area is 151 Å². The molecule has 2 unspecified atom stereocenters. The first-order valence-electron chi connectivity index (χ1n) is 9.80. The van der Waals surface area contributed by atoms with E-state index in [9.17, 15) is 0 Å². The minimum atomic E-state index is -0.817. The van der Waals surface area contributed by atoms with E-state index in [4.69, 9.17) is 16.5 Å². The standard InChI is InChI=1S/C19H34N6/c1-3-5-7-10-15(16-13-22-18(4-2)24-16)11-8-6-9-12-19(21)23-14-17(20)25-19/h13-15H,3-12,21H2,1-2H3,(H2,20,25)(H,22,24). The lowest BCUT2D eigenvalue weighted by Gasteiger charge is -2.17. The van der Waals surface area contributed by atoms with Crippen LogP contribution in [0.15, 0.2) is 16.2 Å². The first-order valence-corrected chi connectivity index (χ1v) is 9.80. The van der Waals surface area contributed by atoms with Crippen LogP contribution in [-0.4, -0.2) is 27.8 Å². The van der Waals surface area contributed by atoms with Gasteiger partial charge in [-0.2, -0.15) is 0 Å². The van der Waals surface area contributed by atoms with Crippen LogP contribution < -0.4 is 11.5 Å². The number of aryl methyl sites for hydroxylation is 1. The van der Waals surface area contributed by atoms with Crippen molar-refractivity contribution < 1.29 is 0 Å². The number of aromatic nitrogens is 2. The zero-order valence-electron chi connectivity index (χ0n) is 15.8. The lowest BCUT2D eigenvalue weighted by Crippen LogP contribution is -2.34. The molecule has 0 spiro atoms. The van der Waals surface area contributed by atoms with Crippen molar-refractivity contribution in [1.82, 2.24) is 9.97 Å². The molecule has 2 atom stereocenters. The maximum atomic E-state index is 6.10. The van der Waals surface area contributed by atoms with E-state index in [0.29, 0.717) is 11.8 Å². The molecule has 1 aromatic heterocycles. The van der Waals surface area contributed by atoms with Crippen molar-refractivity contribution >= 4 is 12.1 Å². The van der Waals surface area contributed by atoms with Crippen molar-refractivity contribution in [1.29, 1.82) is 0 Å². The van der Waals surface area contributed by atoms with E-state index in [1.165, 1.54) is 44.2 Å². The quantitative estimate of drug-likeness (QED) is 0.503. The van der Waals surface area contributed by atoms with Gasteiger partial charge in [0.05, 0.1) is 11.9 Å². The zero-order chi connectivity index (χ0) is 18.1. The van der Waals surface area contributed by atoms with Gasteiger partial charge in [-0.05, 0) is 19.3 Å². The number of imidazole rings is 1. The third-order valence-electron chi connectivity index (χ3n) is 4.90. The second-order valence-corrected chi connectivity index (χ2v) is 7.09. The van der Waals surface area contributed by atoms with Gasteiger partial charge >= 0.3 is 0 Å². The van der Waals surface area contributed by atoms with Crippen molar-refractivity contribution in [2.75, 3.05) is 0 Å². The highest BCUT2D eigenvalue weighted by molar-refractivity contribution is 6.30. The molecule has 0 saturated heterocycles. The highest BCUT2D eigenvalue weighted by Gasteiger charge is 2.25. The van der Waals surface area contributed by atoms with E-state index >= 15 is 0 Å². The number of rotatable bonds is 12. The lowest BCUT2D eigenvalue weighted by molar-refractivity contribution is 0.408. The second kappa shape index (κ2) is 9.70. The van der Waals surface area contributed by atoms with Crippen molar-refractivity contribution in [3.8, 4) is 0 Å². The molecule has 0 aromatic carbocycles. The predicted molar refractivity (Wildman–Crippen MR) is 105 cm³/mol. The first kappa shape index (κ1) is 19.6. The minimum Gasteiger partial charge on any atom is -0.383 e. The molecule has 140 valence electrons. The van der Waals surface area contributed by atoms with Gasteiger partial charge in [0.2, 0.25) is 5.79 Å². The minimum absolute atomic E-state index is 0.434. The Morgan fingerprint density at radius 2 is 1.88 bits per heavy atom. The van der Waals surface area contributed by atoms with E-state index in [1.807, 2.05) is 0 Å². The monoisotopic (exact) mass is 346 g/mol. The van der Waals surface area contributed by atoms with Gasteiger partial charge in [0.1, 0.15) is 11.7 Å². The van der Waals surface area contributed by atoms with E-state index < -0.39 is 5.79 Å². The Kier molecular flexibility index (Phi) is 7.62. The highest BCUT2D eigenvalue weighted by atomic mass is 15.3. The predicted octanol–water partition coefficient (Wildman–Crippen LogP) is 3.64. The van der Waals surface area contributed by atoms with Crippen molar-refractivity contribution in [3.63, 3.8) is 0 Å². The Hall–Kier alpha value is -1.69. The summed E-state index contributed by atoms with van der Waals surface area (Å²) >= 11 is 0. The second-order valence-electron chi connectivity index (χ2n) is 7.09. The number of hydrogen-bond donors (Lipinski definition) is 3. The summed E-state index contributed by atoms with van der Waals surface area (Å²) in [5, 5.41) is 0. The molecule has 6 heteroatoms. The topological polar surface area (TPSA) is 105 Å². The van der Waals surface area contributed by atoms with E-state index in [1.54, 1.807) is 6.21 Å². The number of nitrogens with zero attached hydrogens (tertiary/aromatic N) is 3. The summed E-state index contributed by atoms with van der Waals surface area (Å²) in [6.45, 7) is 4.39. The van der Waals surface area contributed by atoms with Crippen LogP contribution >= 0.6 is 0 Å². The molecular weight excluding hydrogens is 312 g/mol. The number of unbranched alkanes of at least 4 members (excludes halogenated alkanes) is 4. The molecule has 6 nitrogen and oxygen atoms in total. The van der Waals surface area contributed by atoms with E-state index in [2.05, 4.69) is 35.0 Å². The molecule has 0 amide bonds. The van der Waals surface area contributed by atoms with Gasteiger partial charge in [-0.25, -0.2) is 15.0 Å². The molecular formula is C19H34N6. The number of nitrogens with one attached hydrogen (secondary N) is 1. The van der Waals surface area contributed by atoms with Gasteiger partial charge in [-0.15, -0.1) is 0 Å². The Balaban J connectivity index is 1.76. The number of aliphatic imine (C=N–C) groups is 2. The number of aromatic amines is 1. The summed E-state index contributed by atoms with van der Waals surface area (Å²) in [7, 11) is 0. The molecule has 0 radical (unpaired) electrons. The van der Waals surface area contributed by atoms with Gasteiger partial charge < -0.3 is 10.7 Å². The average molecular weight is 347 g/mol. The molecule has 0 fully saturated rings. The summed E-state index contributed by atoms with van der Waals surface area (Å²) in [4.78, 5) is 16.5. The van der Waals surface area contributed by atoms with Gasteiger partial charge in [0, 0.05) is 25.0 Å². The fourth-order valence-corrected chi connectivity index (χ4v) is 3.38. The summed E-state index contributed by atoms with van der Waals surface area (Å²) in [6, 6.07) is 0. The lowest BCUT2D eigenvalue weighted by atomic mass is 9.92. The molecule has 0 aliphatic carbocycles. The SMILES string of the molecule is CCCCCC(CCCCCC1(N)N=CC(N)=N1)c1c[nH]c(CC)n1. The van der Waals surface area contributed by atoms with Gasteiger partial charge in [0.25, 0.3) is 0 Å². The molecule has 5 N–H and O–H groups in total. The van der Waals surface area contributed by atoms with Crippen molar-refractivity contribution in [2.24, 2.45) is 21.5 Å². The summed E-state index contributed by atoms with van der Waals surface area (Å²) in [6.07, 6.45) is 15.0. The number of nitrogens with two attached hydrogens (primary N) is 2. The van der Waals surface area contributed by atoms with Gasteiger partial charge in [-0.3, -0.25) is 5.73 Å². The molecule has 1 aliphatic rings. The summed E-state index contributed by atoms with van der Waals surface area (Å²) < 4.78 is 0. The van der Waals surface area contributed by atoms with Crippen LogP contribution in [0.3, 0.4) is 0 Å². The molecule has 1 aromatic rings. The fraction of sp³-hybridized carbons (Fsp3) is 0.737. The van der Waals surface area contributed by atoms with Crippen LogP contribution in [0.1, 0.15) is 89.1 Å². The Bertz CT molecular complexity index is 576. The third-order valence-corrected chi connectivity index (χ3v) is 4.90. The summed E-state index contributed by atoms with van der Waals surface area (Å²) in [5.74, 6) is 1.27. The maximum absolute atomic E-state index is 6.10. The normalized spacial score (nSPS) is 20.8. The van der Waals surface area contributed by atoms with E-state index in [0.717, 1.165) is 31.5 Å². The number of hydrogen-bond acceptors (Lipinski definition) is 5. The van der Waals surface area contributed by atoms with Crippen LogP contribution in [0.4, 0.5) is 0 Å². The van der Waals surface area contributed by atoms with Crippen LogP contribution in [-0.2, 0) is 6.42 Å². The maximum Gasteiger partial charge on any atom is 0.204 e. The largest absolute Gasteiger partial charge is 0.383 e. The Morgan fingerprint density at radius 1 is 1.12 bits per heavy atom. The smallest absolute Gasteiger partial charge is 0.204 e. The molecule has 2 rings (SSSR count). The van der Waals surface area contributed by atoms with Crippen LogP contribution in [0.25, 0.3) is 0 Å². The average Bonchev–Trinajstić information content (AvgIpc) is 3.20. The number of amidine groups is 1. The fourth-order valence-electron chi connectivity index (χ4n) is 3.38. The number of H-pyrrole nitrogens is 1. The first-order chi connectivity index (χ1) is 12.1.